The molecule has 114 valence electrons. The molecule has 0 unspecified atom stereocenters. The van der Waals surface area contributed by atoms with Gasteiger partial charge < -0.3 is 4.57 Å². The van der Waals surface area contributed by atoms with E-state index in [-0.39, 0.29) is 0 Å². The summed E-state index contributed by atoms with van der Waals surface area (Å²) >= 11 is 0. The van der Waals surface area contributed by atoms with Crippen LogP contribution in [-0.2, 0) is 4.57 Å². The second-order valence-corrected chi connectivity index (χ2v) is 8.00. The first-order valence-corrected chi connectivity index (χ1v) is 9.00. The van der Waals surface area contributed by atoms with Crippen LogP contribution in [0.5, 0.6) is 0 Å². The van der Waals surface area contributed by atoms with Crippen molar-refractivity contribution in [2.45, 2.75) is 0 Å². The van der Waals surface area contributed by atoms with Crippen LogP contribution in [0.1, 0.15) is 5.56 Å². The van der Waals surface area contributed by atoms with Crippen molar-refractivity contribution in [1.29, 1.82) is 0 Å². The van der Waals surface area contributed by atoms with Crippen LogP contribution in [0, 0.1) is 5.82 Å². The van der Waals surface area contributed by atoms with Crippen molar-refractivity contribution in [2.75, 3.05) is 0 Å². The molecule has 3 aromatic carbocycles. The zero-order valence-electron chi connectivity index (χ0n) is 12.5. The highest BCUT2D eigenvalue weighted by atomic mass is 31.2. The molecule has 0 aliphatic carbocycles. The van der Waals surface area contributed by atoms with Crippen molar-refractivity contribution in [3.8, 4) is 0 Å². The van der Waals surface area contributed by atoms with E-state index in [1.54, 1.807) is 42.5 Å². The molecule has 3 rings (SSSR count). The van der Waals surface area contributed by atoms with Gasteiger partial charge in [0.05, 0.1) is 0 Å². The molecule has 0 saturated heterocycles. The Labute approximate surface area is 135 Å². The predicted molar refractivity (Wildman–Crippen MR) is 95.2 cm³/mol. The third-order valence-electron chi connectivity index (χ3n) is 3.80. The lowest BCUT2D eigenvalue weighted by molar-refractivity contribution is 0.592. The van der Waals surface area contributed by atoms with Crippen molar-refractivity contribution >= 4 is 23.1 Å². The van der Waals surface area contributed by atoms with E-state index >= 15 is 0 Å². The van der Waals surface area contributed by atoms with Crippen LogP contribution in [0.15, 0.2) is 91.5 Å². The van der Waals surface area contributed by atoms with E-state index in [2.05, 4.69) is 6.58 Å². The summed E-state index contributed by atoms with van der Waals surface area (Å²) in [5.74, 6) is -0.412. The smallest absolute Gasteiger partial charge is 0.171 e. The van der Waals surface area contributed by atoms with Gasteiger partial charge in [-0.1, -0.05) is 85.4 Å². The minimum Gasteiger partial charge on any atom is -0.309 e. The second kappa shape index (κ2) is 6.36. The number of halogens is 1. The van der Waals surface area contributed by atoms with E-state index in [1.807, 2.05) is 36.4 Å². The van der Waals surface area contributed by atoms with Crippen molar-refractivity contribution in [3.63, 3.8) is 0 Å². The van der Waals surface area contributed by atoms with E-state index in [9.17, 15) is 8.96 Å². The summed E-state index contributed by atoms with van der Waals surface area (Å²) in [6, 6.07) is 24.6. The third-order valence-corrected chi connectivity index (χ3v) is 6.86. The summed E-state index contributed by atoms with van der Waals surface area (Å²) in [5.41, 5.74) is 0.295. The van der Waals surface area contributed by atoms with Crippen LogP contribution in [0.25, 0.3) is 5.31 Å². The molecule has 0 amide bonds. The number of benzene rings is 3. The van der Waals surface area contributed by atoms with Gasteiger partial charge in [0, 0.05) is 21.5 Å². The van der Waals surface area contributed by atoms with Crippen molar-refractivity contribution in [1.82, 2.24) is 0 Å². The lowest BCUT2D eigenvalue weighted by Crippen LogP contribution is -2.17. The SMILES string of the molecule is C=C(c1ccccc1F)P(=O)(c1ccccc1)c1ccccc1. The van der Waals surface area contributed by atoms with E-state index < -0.39 is 13.0 Å². The van der Waals surface area contributed by atoms with Crippen LogP contribution >= 0.6 is 7.14 Å². The Kier molecular flexibility index (Phi) is 4.27. The fraction of sp³-hybridized carbons (Fsp3) is 0. The Morgan fingerprint density at radius 3 is 1.65 bits per heavy atom. The van der Waals surface area contributed by atoms with Crippen molar-refractivity contribution in [2.24, 2.45) is 0 Å². The third kappa shape index (κ3) is 2.78. The van der Waals surface area contributed by atoms with Gasteiger partial charge in [0.25, 0.3) is 0 Å². The molecule has 0 radical (unpaired) electrons. The van der Waals surface area contributed by atoms with E-state index in [0.29, 0.717) is 21.5 Å². The lowest BCUT2D eigenvalue weighted by atomic mass is 10.2. The Morgan fingerprint density at radius 1 is 0.739 bits per heavy atom. The highest BCUT2D eigenvalue weighted by Crippen LogP contribution is 2.55. The summed E-state index contributed by atoms with van der Waals surface area (Å²) in [6.07, 6.45) is 0. The average molecular weight is 322 g/mol. The van der Waals surface area contributed by atoms with Gasteiger partial charge in [-0.2, -0.15) is 0 Å². The number of hydrogen-bond acceptors (Lipinski definition) is 1. The van der Waals surface area contributed by atoms with E-state index in [4.69, 9.17) is 0 Å². The van der Waals surface area contributed by atoms with Gasteiger partial charge >= 0.3 is 0 Å². The van der Waals surface area contributed by atoms with Gasteiger partial charge in [0.1, 0.15) is 5.82 Å². The Morgan fingerprint density at radius 2 is 1.17 bits per heavy atom. The maximum Gasteiger partial charge on any atom is 0.171 e. The molecule has 1 nitrogen and oxygen atoms in total. The van der Waals surface area contributed by atoms with Gasteiger partial charge in [-0.3, -0.25) is 0 Å². The molecule has 0 saturated carbocycles. The molecule has 23 heavy (non-hydrogen) atoms. The molecule has 0 N–H and O–H groups in total. The zero-order chi connectivity index (χ0) is 16.3. The first kappa shape index (κ1) is 15.5. The summed E-state index contributed by atoms with van der Waals surface area (Å²) in [4.78, 5) is 0. The van der Waals surface area contributed by atoms with Gasteiger partial charge in [-0.15, -0.1) is 0 Å². The number of rotatable bonds is 4. The molecule has 0 aromatic heterocycles. The first-order valence-electron chi connectivity index (χ1n) is 7.29. The first-order chi connectivity index (χ1) is 11.1. The second-order valence-electron chi connectivity index (χ2n) is 5.21. The van der Waals surface area contributed by atoms with Crippen molar-refractivity contribution < 1.29 is 8.96 Å². The highest BCUT2D eigenvalue weighted by Gasteiger charge is 2.32. The molecular weight excluding hydrogens is 306 g/mol. The molecule has 0 aliphatic heterocycles. The molecule has 3 aromatic rings. The van der Waals surface area contributed by atoms with E-state index in [1.165, 1.54) is 6.07 Å². The fourth-order valence-corrected chi connectivity index (χ4v) is 5.23. The minimum atomic E-state index is -3.20. The van der Waals surface area contributed by atoms with Crippen LogP contribution in [0.4, 0.5) is 4.39 Å². The molecular formula is C20H16FOP. The molecule has 3 heteroatoms. The zero-order valence-corrected chi connectivity index (χ0v) is 13.4. The summed E-state index contributed by atoms with van der Waals surface area (Å²) in [7, 11) is -3.20. The quantitative estimate of drug-likeness (QED) is 0.630. The molecule has 0 spiro atoms. The minimum absolute atomic E-state index is 0.295. The largest absolute Gasteiger partial charge is 0.309 e. The van der Waals surface area contributed by atoms with Gasteiger partial charge in [0.15, 0.2) is 7.14 Å². The van der Waals surface area contributed by atoms with Crippen LogP contribution in [-0.4, -0.2) is 0 Å². The normalized spacial score (nSPS) is 11.2. The molecule has 0 fully saturated rings. The van der Waals surface area contributed by atoms with Crippen LogP contribution in [0.2, 0.25) is 0 Å². The highest BCUT2D eigenvalue weighted by molar-refractivity contribution is 7.87. The summed E-state index contributed by atoms with van der Waals surface area (Å²) in [6.45, 7) is 4.01. The Bertz CT molecular complexity index is 829. The fourth-order valence-electron chi connectivity index (χ4n) is 2.60. The summed E-state index contributed by atoms with van der Waals surface area (Å²) < 4.78 is 28.2. The maximum absolute atomic E-state index is 14.2. The molecule has 0 atom stereocenters. The van der Waals surface area contributed by atoms with Crippen LogP contribution in [0.3, 0.4) is 0 Å². The predicted octanol–water partition coefficient (Wildman–Crippen LogP) is 4.81. The topological polar surface area (TPSA) is 17.1 Å². The standard InChI is InChI=1S/C20H16FOP/c1-16(19-14-8-9-15-20(19)21)23(22,17-10-4-2-5-11-17)18-12-6-3-7-13-18/h2-15H,1H2. The van der Waals surface area contributed by atoms with E-state index in [0.717, 1.165) is 0 Å². The average Bonchev–Trinajstić information content (AvgIpc) is 2.62. The Balaban J connectivity index is 2.24. The van der Waals surface area contributed by atoms with Crippen LogP contribution < -0.4 is 10.6 Å². The molecule has 0 aliphatic rings. The maximum atomic E-state index is 14.2. The van der Waals surface area contributed by atoms with Crippen molar-refractivity contribution in [3.05, 3.63) is 103 Å². The molecule has 0 bridgehead atoms. The number of hydrogen-bond donors (Lipinski definition) is 0. The monoisotopic (exact) mass is 322 g/mol. The van der Waals surface area contributed by atoms with Gasteiger partial charge in [-0.25, -0.2) is 4.39 Å². The van der Waals surface area contributed by atoms with Gasteiger partial charge in [0.2, 0.25) is 0 Å². The lowest BCUT2D eigenvalue weighted by Gasteiger charge is -2.22. The van der Waals surface area contributed by atoms with Gasteiger partial charge in [-0.05, 0) is 6.07 Å². The summed E-state index contributed by atoms with van der Waals surface area (Å²) in [5, 5.41) is 1.62. The molecule has 0 heterocycles. The Hall–Kier alpha value is -2.44.